The molecule has 1 aromatic heterocycles. The molecule has 7 heteroatoms. The van der Waals surface area contributed by atoms with Gasteiger partial charge in [0.1, 0.15) is 17.9 Å². The number of esters is 1. The summed E-state index contributed by atoms with van der Waals surface area (Å²) in [7, 11) is 0. The van der Waals surface area contributed by atoms with Crippen LogP contribution in [0.2, 0.25) is 5.02 Å². The number of carbonyl (C=O) groups excluding carboxylic acids is 1. The number of aromatic nitrogens is 3. The maximum Gasteiger partial charge on any atom is 0.334 e. The molecule has 2 aliphatic heterocycles. The molecule has 0 N–H and O–H groups in total. The number of hydrogen-bond donors (Lipinski definition) is 0. The fourth-order valence-electron chi connectivity index (χ4n) is 4.63. The average Bonchev–Trinajstić information content (AvgIpc) is 3.04. The highest BCUT2D eigenvalue weighted by Crippen LogP contribution is 2.49. The van der Waals surface area contributed by atoms with Gasteiger partial charge in [-0.3, -0.25) is 0 Å². The van der Waals surface area contributed by atoms with Crippen LogP contribution in [0.5, 0.6) is 0 Å². The molecule has 1 aromatic carbocycles. The highest BCUT2D eigenvalue weighted by molar-refractivity contribution is 6.30. The van der Waals surface area contributed by atoms with Crippen LogP contribution in [0.1, 0.15) is 32.6 Å². The second kappa shape index (κ2) is 7.36. The van der Waals surface area contributed by atoms with Crippen molar-refractivity contribution in [1.82, 2.24) is 15.0 Å². The minimum atomic E-state index is -0.282. The van der Waals surface area contributed by atoms with Gasteiger partial charge in [-0.1, -0.05) is 47.2 Å². The quantitative estimate of drug-likeness (QED) is 0.316. The van der Waals surface area contributed by atoms with Gasteiger partial charge in [0.15, 0.2) is 0 Å². The summed E-state index contributed by atoms with van der Waals surface area (Å²) in [5.41, 5.74) is 3.36. The fourth-order valence-corrected chi connectivity index (χ4v) is 4.82. The number of ether oxygens (including phenoxy) is 2. The van der Waals surface area contributed by atoms with Crippen LogP contribution < -0.4 is 0 Å². The topological polar surface area (TPSA) is 69.5 Å². The lowest BCUT2D eigenvalue weighted by Gasteiger charge is -2.20. The average molecular weight is 426 g/mol. The predicted molar refractivity (Wildman–Crippen MR) is 113 cm³/mol. The molecule has 0 saturated carbocycles. The molecule has 0 amide bonds. The van der Waals surface area contributed by atoms with Crippen molar-refractivity contribution in [2.45, 2.75) is 57.0 Å². The minimum Gasteiger partial charge on any atom is -0.455 e. The van der Waals surface area contributed by atoms with Gasteiger partial charge in [0.2, 0.25) is 0 Å². The molecule has 5 rings (SSSR count). The first kappa shape index (κ1) is 19.5. The van der Waals surface area contributed by atoms with Gasteiger partial charge in [0.05, 0.1) is 18.3 Å². The van der Waals surface area contributed by atoms with Crippen molar-refractivity contribution in [3.05, 3.63) is 59.3 Å². The van der Waals surface area contributed by atoms with E-state index in [-0.39, 0.29) is 29.7 Å². The zero-order valence-corrected chi connectivity index (χ0v) is 17.6. The van der Waals surface area contributed by atoms with Gasteiger partial charge in [-0.25, -0.2) is 9.48 Å². The van der Waals surface area contributed by atoms with Gasteiger partial charge in [0.25, 0.3) is 0 Å². The van der Waals surface area contributed by atoms with E-state index in [4.69, 9.17) is 21.1 Å². The molecule has 0 bridgehead atoms. The number of allylic oxidation sites excluding steroid dienone is 2. The van der Waals surface area contributed by atoms with Crippen molar-refractivity contribution in [1.29, 1.82) is 0 Å². The van der Waals surface area contributed by atoms with Crippen LogP contribution in [0.15, 0.2) is 54.3 Å². The van der Waals surface area contributed by atoms with E-state index in [0.717, 1.165) is 36.9 Å². The molecule has 30 heavy (non-hydrogen) atoms. The Morgan fingerprint density at radius 1 is 1.40 bits per heavy atom. The van der Waals surface area contributed by atoms with Gasteiger partial charge >= 0.3 is 5.97 Å². The first-order chi connectivity index (χ1) is 14.4. The van der Waals surface area contributed by atoms with E-state index < -0.39 is 0 Å². The zero-order chi connectivity index (χ0) is 20.9. The number of epoxide rings is 1. The summed E-state index contributed by atoms with van der Waals surface area (Å²) in [6.45, 7) is 6.75. The second-order valence-corrected chi connectivity index (χ2v) is 9.04. The molecular weight excluding hydrogens is 402 g/mol. The normalized spacial score (nSPS) is 32.6. The number of rotatable bonds is 3. The minimum absolute atomic E-state index is 0.00333. The summed E-state index contributed by atoms with van der Waals surface area (Å²) in [6.07, 6.45) is 7.48. The lowest BCUT2D eigenvalue weighted by atomic mass is 9.84. The van der Waals surface area contributed by atoms with Crippen molar-refractivity contribution in [3.63, 3.8) is 0 Å². The molecule has 156 valence electrons. The van der Waals surface area contributed by atoms with E-state index in [9.17, 15) is 4.79 Å². The van der Waals surface area contributed by atoms with Crippen molar-refractivity contribution >= 4 is 17.6 Å². The molecule has 2 saturated heterocycles. The SMILES string of the molecule is C=C1C(=O)O[C@H]2[C@H]1CC/C(Cn1cc(-c3cccc(Cl)c3)nn1)=C\CC[C@@]1(C)O[C@@H]21. The highest BCUT2D eigenvalue weighted by Gasteiger charge is 2.61. The number of halogens is 1. The lowest BCUT2D eigenvalue weighted by molar-refractivity contribution is -0.140. The third-order valence-electron chi connectivity index (χ3n) is 6.46. The van der Waals surface area contributed by atoms with E-state index in [1.165, 1.54) is 5.57 Å². The summed E-state index contributed by atoms with van der Waals surface area (Å²) < 4.78 is 13.5. The van der Waals surface area contributed by atoms with Crippen LogP contribution in [0.4, 0.5) is 0 Å². The molecule has 3 heterocycles. The molecular formula is C23H24ClN3O3. The van der Waals surface area contributed by atoms with Crippen LogP contribution in [-0.2, 0) is 20.8 Å². The van der Waals surface area contributed by atoms with Crippen molar-refractivity contribution in [3.8, 4) is 11.3 Å². The molecule has 3 aliphatic rings. The Hall–Kier alpha value is -2.44. The van der Waals surface area contributed by atoms with Gasteiger partial charge in [-0.15, -0.1) is 5.10 Å². The smallest absolute Gasteiger partial charge is 0.334 e. The molecule has 2 aromatic rings. The van der Waals surface area contributed by atoms with E-state index >= 15 is 0 Å². The highest BCUT2D eigenvalue weighted by atomic mass is 35.5. The van der Waals surface area contributed by atoms with Gasteiger partial charge in [-0.05, 0) is 44.7 Å². The molecule has 6 nitrogen and oxygen atoms in total. The first-order valence-electron chi connectivity index (χ1n) is 10.3. The number of carbonyl (C=O) groups is 1. The summed E-state index contributed by atoms with van der Waals surface area (Å²) in [4.78, 5) is 12.1. The van der Waals surface area contributed by atoms with Crippen molar-refractivity contribution < 1.29 is 14.3 Å². The van der Waals surface area contributed by atoms with Crippen LogP contribution in [0.25, 0.3) is 11.3 Å². The standard InChI is InChI=1S/C23H24ClN3O3/c1-14-18-9-8-15(5-4-10-23(2)21(30-23)20(18)29-22(14)28)12-27-13-19(25-26-27)16-6-3-7-17(24)11-16/h3,5-7,11,13,18,20-21H,1,4,8-10,12H2,2H3/b15-5+/t18-,20-,21-,23+/m0/s1. The Bertz CT molecular complexity index is 1050. The summed E-state index contributed by atoms with van der Waals surface area (Å²) in [5, 5.41) is 9.28. The van der Waals surface area contributed by atoms with Crippen LogP contribution >= 0.6 is 11.6 Å². The van der Waals surface area contributed by atoms with Crippen LogP contribution in [0, 0.1) is 5.92 Å². The third-order valence-corrected chi connectivity index (χ3v) is 6.70. The third kappa shape index (κ3) is 3.59. The van der Waals surface area contributed by atoms with E-state index in [1.807, 2.05) is 35.1 Å². The van der Waals surface area contributed by atoms with Crippen LogP contribution in [-0.4, -0.2) is 38.8 Å². The molecule has 0 unspecified atom stereocenters. The molecule has 0 radical (unpaired) electrons. The Balaban J connectivity index is 1.34. The Labute approximate surface area is 180 Å². The molecule has 0 spiro atoms. The lowest BCUT2D eigenvalue weighted by Crippen LogP contribution is -2.29. The predicted octanol–water partition coefficient (Wildman–Crippen LogP) is 4.35. The molecule has 4 atom stereocenters. The van der Waals surface area contributed by atoms with Crippen molar-refractivity contribution in [2.75, 3.05) is 0 Å². The number of benzene rings is 1. The van der Waals surface area contributed by atoms with Gasteiger partial charge < -0.3 is 9.47 Å². The van der Waals surface area contributed by atoms with Crippen molar-refractivity contribution in [2.24, 2.45) is 5.92 Å². The van der Waals surface area contributed by atoms with E-state index in [1.54, 1.807) is 0 Å². The van der Waals surface area contributed by atoms with E-state index in [0.29, 0.717) is 17.1 Å². The zero-order valence-electron chi connectivity index (χ0n) is 16.9. The Kier molecular flexibility index (Phi) is 4.79. The molecule has 1 aliphatic carbocycles. The van der Waals surface area contributed by atoms with Crippen LogP contribution in [0.3, 0.4) is 0 Å². The number of hydrogen-bond acceptors (Lipinski definition) is 5. The number of fused-ring (bicyclic) bond motifs is 3. The Morgan fingerprint density at radius 2 is 2.27 bits per heavy atom. The molecule has 2 fully saturated rings. The summed E-state index contributed by atoms with van der Waals surface area (Å²) >= 11 is 6.10. The first-order valence-corrected chi connectivity index (χ1v) is 10.7. The van der Waals surface area contributed by atoms with E-state index in [2.05, 4.69) is 29.9 Å². The van der Waals surface area contributed by atoms with Gasteiger partial charge in [-0.2, -0.15) is 0 Å². The van der Waals surface area contributed by atoms with Gasteiger partial charge in [0, 0.05) is 22.1 Å². The second-order valence-electron chi connectivity index (χ2n) is 8.60. The Morgan fingerprint density at radius 3 is 3.10 bits per heavy atom. The fraction of sp³-hybridized carbons (Fsp3) is 0.435. The largest absolute Gasteiger partial charge is 0.455 e. The maximum absolute atomic E-state index is 12.1. The maximum atomic E-state index is 12.1. The monoisotopic (exact) mass is 425 g/mol. The summed E-state index contributed by atoms with van der Waals surface area (Å²) in [5.74, 6) is -0.279. The summed E-state index contributed by atoms with van der Waals surface area (Å²) in [6, 6.07) is 7.60. The number of nitrogens with zero attached hydrogens (tertiary/aromatic N) is 3.